The third-order valence-electron chi connectivity index (χ3n) is 3.05. The van der Waals surface area contributed by atoms with Gasteiger partial charge in [-0.2, -0.15) is 4.57 Å². The van der Waals surface area contributed by atoms with Gasteiger partial charge in [-0.25, -0.2) is 0 Å². The monoisotopic (exact) mass is 233 g/mol. The van der Waals surface area contributed by atoms with Crippen LogP contribution in [0.25, 0.3) is 11.4 Å². The van der Waals surface area contributed by atoms with Crippen molar-refractivity contribution in [2.45, 2.75) is 18.1 Å². The van der Waals surface area contributed by atoms with Gasteiger partial charge in [0.1, 0.15) is 5.69 Å². The smallest absolute Gasteiger partial charge is 0.313 e. The first-order valence-corrected chi connectivity index (χ1v) is 5.55. The molecule has 0 unspecified atom stereocenters. The molecular weight excluding hydrogens is 222 g/mol. The zero-order valence-corrected chi connectivity index (χ0v) is 9.70. The van der Waals surface area contributed by atoms with Crippen LogP contribution in [-0.4, -0.2) is 9.13 Å². The molecule has 0 radical (unpaired) electrons. The predicted molar refractivity (Wildman–Crippen MR) is 60.9 cm³/mol. The van der Waals surface area contributed by atoms with Crippen LogP contribution in [0.4, 0.5) is 0 Å². The first kappa shape index (κ1) is 9.59. The Morgan fingerprint density at radius 3 is 3.12 bits per heavy atom. The molecule has 2 aromatic rings. The van der Waals surface area contributed by atoms with Crippen LogP contribution in [0.3, 0.4) is 0 Å². The Labute approximate surface area is 98.2 Å². The second-order valence-electron chi connectivity index (χ2n) is 3.96. The SMILES string of the molecule is Cn1c([S-])c2[n+](cc1=O)CCn1cccc1-2. The number of rotatable bonds is 0. The van der Waals surface area contributed by atoms with Crippen LogP contribution in [0.15, 0.2) is 34.3 Å². The summed E-state index contributed by atoms with van der Waals surface area (Å²) in [6.45, 7) is 1.69. The lowest BCUT2D eigenvalue weighted by atomic mass is 10.2. The van der Waals surface area contributed by atoms with E-state index < -0.39 is 0 Å². The van der Waals surface area contributed by atoms with Gasteiger partial charge in [-0.05, 0) is 17.2 Å². The van der Waals surface area contributed by atoms with Crippen molar-refractivity contribution in [1.29, 1.82) is 0 Å². The highest BCUT2D eigenvalue weighted by Gasteiger charge is 2.23. The largest absolute Gasteiger partial charge is 0.756 e. The standard InChI is InChI=1S/C11H11N3OS/c1-12-9(15)7-14-6-5-13-4-2-3-8(13)10(14)11(12)16/h2-4,7H,5-6H2,1H3. The average molecular weight is 233 g/mol. The molecule has 5 heteroatoms. The molecule has 0 atom stereocenters. The van der Waals surface area contributed by atoms with Gasteiger partial charge in [0.05, 0.1) is 6.54 Å². The van der Waals surface area contributed by atoms with Gasteiger partial charge in [0.2, 0.25) is 11.9 Å². The average Bonchev–Trinajstić information content (AvgIpc) is 2.73. The summed E-state index contributed by atoms with van der Waals surface area (Å²) in [4.78, 5) is 11.6. The highest BCUT2D eigenvalue weighted by molar-refractivity contribution is 7.58. The molecule has 0 saturated carbocycles. The number of hydrogen-bond acceptors (Lipinski definition) is 2. The van der Waals surface area contributed by atoms with Crippen LogP contribution in [-0.2, 0) is 32.8 Å². The normalized spacial score (nSPS) is 13.3. The number of aryl methyl sites for hydroxylation is 2. The van der Waals surface area contributed by atoms with Crippen molar-refractivity contribution in [3.8, 4) is 11.4 Å². The molecule has 0 bridgehead atoms. The van der Waals surface area contributed by atoms with Crippen molar-refractivity contribution in [1.82, 2.24) is 9.13 Å². The minimum absolute atomic E-state index is 0.0474. The molecule has 3 rings (SSSR count). The van der Waals surface area contributed by atoms with Crippen LogP contribution < -0.4 is 10.1 Å². The van der Waals surface area contributed by atoms with Gasteiger partial charge in [-0.15, -0.1) is 0 Å². The number of nitrogens with zero attached hydrogens (tertiary/aromatic N) is 3. The van der Waals surface area contributed by atoms with Gasteiger partial charge in [-0.1, -0.05) is 0 Å². The highest BCUT2D eigenvalue weighted by Crippen LogP contribution is 2.22. The van der Waals surface area contributed by atoms with E-state index in [1.165, 1.54) is 4.57 Å². The van der Waals surface area contributed by atoms with Gasteiger partial charge in [-0.3, -0.25) is 4.79 Å². The Morgan fingerprint density at radius 2 is 2.31 bits per heavy atom. The predicted octanol–water partition coefficient (Wildman–Crippen LogP) is 0.0607. The summed E-state index contributed by atoms with van der Waals surface area (Å²) < 4.78 is 5.64. The summed E-state index contributed by atoms with van der Waals surface area (Å²) in [6, 6.07) is 4.04. The van der Waals surface area contributed by atoms with E-state index in [0.29, 0.717) is 5.03 Å². The summed E-state index contributed by atoms with van der Waals surface area (Å²) in [6.07, 6.45) is 3.67. The second-order valence-corrected chi connectivity index (χ2v) is 4.35. The summed E-state index contributed by atoms with van der Waals surface area (Å²) in [5.74, 6) is 0. The molecule has 3 heterocycles. The lowest BCUT2D eigenvalue weighted by Gasteiger charge is -2.21. The first-order chi connectivity index (χ1) is 7.68. The number of fused-ring (bicyclic) bond motifs is 3. The number of hydrogen-bond donors (Lipinski definition) is 0. The van der Waals surface area contributed by atoms with E-state index in [1.54, 1.807) is 13.2 Å². The minimum atomic E-state index is -0.0474. The van der Waals surface area contributed by atoms with Crippen molar-refractivity contribution in [3.05, 3.63) is 34.9 Å². The molecule has 2 aromatic heterocycles. The molecule has 1 aliphatic heterocycles. The van der Waals surface area contributed by atoms with Crippen LogP contribution >= 0.6 is 0 Å². The van der Waals surface area contributed by atoms with Crippen LogP contribution in [0.2, 0.25) is 0 Å². The summed E-state index contributed by atoms with van der Waals surface area (Å²) in [5.41, 5.74) is 2.01. The Bertz CT molecular complexity index is 627. The van der Waals surface area contributed by atoms with E-state index in [4.69, 9.17) is 12.6 Å². The van der Waals surface area contributed by atoms with Gasteiger partial charge >= 0.3 is 5.56 Å². The fourth-order valence-corrected chi connectivity index (χ4v) is 2.45. The quantitative estimate of drug-likeness (QED) is 0.476. The molecule has 82 valence electrons. The molecule has 0 saturated heterocycles. The van der Waals surface area contributed by atoms with Crippen molar-refractivity contribution >= 4 is 12.6 Å². The molecule has 0 N–H and O–H groups in total. The molecule has 0 spiro atoms. The minimum Gasteiger partial charge on any atom is -0.756 e. The Morgan fingerprint density at radius 1 is 1.50 bits per heavy atom. The Hall–Kier alpha value is -1.62. The van der Waals surface area contributed by atoms with Crippen LogP contribution in [0, 0.1) is 0 Å². The Kier molecular flexibility index (Phi) is 1.91. The molecule has 4 nitrogen and oxygen atoms in total. The third kappa shape index (κ3) is 1.15. The topological polar surface area (TPSA) is 30.8 Å². The lowest BCUT2D eigenvalue weighted by molar-refractivity contribution is -0.693. The summed E-state index contributed by atoms with van der Waals surface area (Å²) >= 11 is 5.34. The van der Waals surface area contributed by atoms with Crippen molar-refractivity contribution in [2.75, 3.05) is 0 Å². The van der Waals surface area contributed by atoms with Gasteiger partial charge < -0.3 is 21.8 Å². The zero-order valence-electron chi connectivity index (χ0n) is 8.88. The molecule has 0 aromatic carbocycles. The lowest BCUT2D eigenvalue weighted by Crippen LogP contribution is -2.47. The summed E-state index contributed by atoms with van der Waals surface area (Å²) in [7, 11) is 1.72. The molecule has 1 aliphatic rings. The van der Waals surface area contributed by atoms with Crippen molar-refractivity contribution in [3.63, 3.8) is 0 Å². The van der Waals surface area contributed by atoms with E-state index in [0.717, 1.165) is 24.5 Å². The second kappa shape index (κ2) is 3.18. The maximum absolute atomic E-state index is 11.6. The maximum atomic E-state index is 11.6. The molecular formula is C11H11N3OS. The fourth-order valence-electron chi connectivity index (χ4n) is 2.14. The third-order valence-corrected chi connectivity index (χ3v) is 3.51. The van der Waals surface area contributed by atoms with Gasteiger partial charge in [0.15, 0.2) is 6.54 Å². The van der Waals surface area contributed by atoms with Crippen molar-refractivity contribution in [2.24, 2.45) is 7.05 Å². The van der Waals surface area contributed by atoms with Crippen LogP contribution in [0.1, 0.15) is 0 Å². The van der Waals surface area contributed by atoms with Gasteiger partial charge in [0.25, 0.3) is 0 Å². The molecule has 0 aliphatic carbocycles. The maximum Gasteiger partial charge on any atom is 0.313 e. The van der Waals surface area contributed by atoms with Crippen LogP contribution in [0.5, 0.6) is 0 Å². The van der Waals surface area contributed by atoms with Gasteiger partial charge in [0, 0.05) is 13.2 Å². The first-order valence-electron chi connectivity index (χ1n) is 5.14. The number of aromatic nitrogens is 3. The van der Waals surface area contributed by atoms with Crippen molar-refractivity contribution < 1.29 is 4.57 Å². The molecule has 0 fully saturated rings. The van der Waals surface area contributed by atoms with E-state index in [1.807, 2.05) is 22.9 Å². The van der Waals surface area contributed by atoms with E-state index in [2.05, 4.69) is 4.57 Å². The summed E-state index contributed by atoms with van der Waals surface area (Å²) in [5, 5.41) is 0.604. The fraction of sp³-hybridized carbons (Fsp3) is 0.273. The van der Waals surface area contributed by atoms with E-state index in [-0.39, 0.29) is 5.56 Å². The zero-order chi connectivity index (χ0) is 11.3. The van der Waals surface area contributed by atoms with E-state index >= 15 is 0 Å². The Balaban J connectivity index is 2.40. The molecule has 16 heavy (non-hydrogen) atoms. The van der Waals surface area contributed by atoms with E-state index in [9.17, 15) is 4.79 Å². The highest BCUT2D eigenvalue weighted by atomic mass is 32.1. The molecule has 0 amide bonds.